The molecule has 0 bridgehead atoms. The third-order valence-electron chi connectivity index (χ3n) is 3.33. The number of amides is 1. The van der Waals surface area contributed by atoms with Crippen LogP contribution in [0.4, 0.5) is 5.69 Å². The lowest BCUT2D eigenvalue weighted by molar-refractivity contribution is -0.144. The summed E-state index contributed by atoms with van der Waals surface area (Å²) in [5.74, 6) is -0.0516. The second kappa shape index (κ2) is 8.68. The second-order valence-corrected chi connectivity index (χ2v) is 7.43. The highest BCUT2D eigenvalue weighted by atomic mass is 32.2. The standard InChI is InChI=1S/C18H16N2O4S2/c1-23-13-8-6-12(7-9-13)19-16(21)10-24-17(22)11-25-18-20-14-4-2-3-5-15(14)26-18/h2-9H,10-11H2,1H3,(H,19,21). The van der Waals surface area contributed by atoms with Gasteiger partial charge in [-0.2, -0.15) is 0 Å². The molecule has 0 unspecified atom stereocenters. The molecule has 2 aromatic carbocycles. The monoisotopic (exact) mass is 388 g/mol. The Morgan fingerprint density at radius 3 is 2.65 bits per heavy atom. The number of rotatable bonds is 7. The summed E-state index contributed by atoms with van der Waals surface area (Å²) >= 11 is 2.82. The molecule has 1 heterocycles. The highest BCUT2D eigenvalue weighted by Crippen LogP contribution is 2.29. The van der Waals surface area contributed by atoms with Crippen molar-refractivity contribution in [1.82, 2.24) is 4.98 Å². The molecule has 0 saturated carbocycles. The van der Waals surface area contributed by atoms with Gasteiger partial charge in [-0.05, 0) is 36.4 Å². The molecular formula is C18H16N2O4S2. The molecule has 1 aromatic heterocycles. The number of carbonyl (C=O) groups excluding carboxylic acids is 2. The predicted molar refractivity (Wildman–Crippen MR) is 103 cm³/mol. The maximum absolute atomic E-state index is 11.8. The first-order valence-corrected chi connectivity index (χ1v) is 9.52. The molecule has 0 fully saturated rings. The van der Waals surface area contributed by atoms with Crippen LogP contribution in [0.1, 0.15) is 0 Å². The van der Waals surface area contributed by atoms with Gasteiger partial charge in [0.2, 0.25) is 0 Å². The highest BCUT2D eigenvalue weighted by Gasteiger charge is 2.11. The van der Waals surface area contributed by atoms with E-state index in [1.54, 1.807) is 31.4 Å². The van der Waals surface area contributed by atoms with Gasteiger partial charge in [0.25, 0.3) is 5.91 Å². The van der Waals surface area contributed by atoms with Crippen LogP contribution in [0.5, 0.6) is 5.75 Å². The van der Waals surface area contributed by atoms with Crippen molar-refractivity contribution >= 4 is 50.9 Å². The molecule has 0 spiro atoms. The van der Waals surface area contributed by atoms with Gasteiger partial charge < -0.3 is 14.8 Å². The first kappa shape index (κ1) is 18.2. The fourth-order valence-corrected chi connectivity index (χ4v) is 3.96. The van der Waals surface area contributed by atoms with Crippen LogP contribution in [0.25, 0.3) is 10.2 Å². The highest BCUT2D eigenvalue weighted by molar-refractivity contribution is 8.01. The summed E-state index contributed by atoms with van der Waals surface area (Å²) in [4.78, 5) is 28.1. The quantitative estimate of drug-likeness (QED) is 0.492. The lowest BCUT2D eigenvalue weighted by Crippen LogP contribution is -2.21. The van der Waals surface area contributed by atoms with Gasteiger partial charge in [0, 0.05) is 5.69 Å². The summed E-state index contributed by atoms with van der Waals surface area (Å²) in [6, 6.07) is 14.7. The number of esters is 1. The van der Waals surface area contributed by atoms with Gasteiger partial charge in [-0.15, -0.1) is 11.3 Å². The minimum atomic E-state index is -0.459. The van der Waals surface area contributed by atoms with E-state index < -0.39 is 11.9 Å². The topological polar surface area (TPSA) is 77.5 Å². The van der Waals surface area contributed by atoms with Crippen molar-refractivity contribution < 1.29 is 19.1 Å². The number of methoxy groups -OCH3 is 1. The molecule has 1 amide bonds. The molecule has 0 aliphatic heterocycles. The van der Waals surface area contributed by atoms with E-state index >= 15 is 0 Å². The van der Waals surface area contributed by atoms with Crippen molar-refractivity contribution in [2.75, 3.05) is 24.8 Å². The van der Waals surface area contributed by atoms with E-state index in [1.807, 2.05) is 24.3 Å². The Bertz CT molecular complexity index is 876. The van der Waals surface area contributed by atoms with E-state index in [0.717, 1.165) is 14.6 Å². The van der Waals surface area contributed by atoms with Gasteiger partial charge in [-0.25, -0.2) is 4.98 Å². The van der Waals surface area contributed by atoms with E-state index in [4.69, 9.17) is 9.47 Å². The van der Waals surface area contributed by atoms with Crippen molar-refractivity contribution in [2.24, 2.45) is 0 Å². The number of nitrogens with zero attached hydrogens (tertiary/aromatic N) is 1. The number of hydrogen-bond acceptors (Lipinski definition) is 7. The fraction of sp³-hybridized carbons (Fsp3) is 0.167. The molecule has 8 heteroatoms. The molecule has 0 atom stereocenters. The average Bonchev–Trinajstić information content (AvgIpc) is 3.08. The fourth-order valence-electron chi connectivity index (χ4n) is 2.09. The number of hydrogen-bond donors (Lipinski definition) is 1. The van der Waals surface area contributed by atoms with Crippen LogP contribution < -0.4 is 10.1 Å². The molecule has 134 valence electrons. The Balaban J connectivity index is 1.42. The Labute approximate surface area is 158 Å². The van der Waals surface area contributed by atoms with Gasteiger partial charge in [0.1, 0.15) is 5.75 Å². The zero-order valence-electron chi connectivity index (χ0n) is 13.9. The third kappa shape index (κ3) is 4.96. The number of ether oxygens (including phenoxy) is 2. The van der Waals surface area contributed by atoms with Crippen LogP contribution in [-0.2, 0) is 14.3 Å². The van der Waals surface area contributed by atoms with E-state index in [0.29, 0.717) is 11.4 Å². The maximum Gasteiger partial charge on any atom is 0.316 e. The number of anilines is 1. The molecular weight excluding hydrogens is 372 g/mol. The van der Waals surface area contributed by atoms with Crippen molar-refractivity contribution in [2.45, 2.75) is 4.34 Å². The summed E-state index contributed by atoms with van der Waals surface area (Å²) in [7, 11) is 1.57. The number of thiazole rings is 1. The van der Waals surface area contributed by atoms with Gasteiger partial charge in [-0.3, -0.25) is 9.59 Å². The average molecular weight is 388 g/mol. The Kier molecular flexibility index (Phi) is 6.08. The summed E-state index contributed by atoms with van der Waals surface area (Å²) in [5.41, 5.74) is 1.52. The number of para-hydroxylation sites is 1. The summed E-state index contributed by atoms with van der Waals surface area (Å²) < 4.78 is 11.9. The van der Waals surface area contributed by atoms with Crippen LogP contribution in [-0.4, -0.2) is 36.3 Å². The first-order chi connectivity index (χ1) is 12.6. The summed E-state index contributed by atoms with van der Waals surface area (Å²) in [5, 5.41) is 2.65. The van der Waals surface area contributed by atoms with E-state index in [9.17, 15) is 9.59 Å². The molecule has 26 heavy (non-hydrogen) atoms. The zero-order chi connectivity index (χ0) is 18.4. The minimum Gasteiger partial charge on any atom is -0.497 e. The molecule has 0 saturated heterocycles. The van der Waals surface area contributed by atoms with Crippen LogP contribution in [0.3, 0.4) is 0 Å². The second-order valence-electron chi connectivity index (χ2n) is 5.17. The third-order valence-corrected chi connectivity index (χ3v) is 5.48. The summed E-state index contributed by atoms with van der Waals surface area (Å²) in [6.45, 7) is -0.328. The number of nitrogens with one attached hydrogen (secondary N) is 1. The Hall–Kier alpha value is -2.58. The lowest BCUT2D eigenvalue weighted by Gasteiger charge is -2.07. The van der Waals surface area contributed by atoms with Gasteiger partial charge >= 0.3 is 5.97 Å². The van der Waals surface area contributed by atoms with Crippen molar-refractivity contribution in [3.63, 3.8) is 0 Å². The van der Waals surface area contributed by atoms with Gasteiger partial charge in [0.15, 0.2) is 10.9 Å². The number of aromatic nitrogens is 1. The predicted octanol–water partition coefficient (Wildman–Crippen LogP) is 3.58. The Morgan fingerprint density at radius 2 is 1.92 bits per heavy atom. The maximum atomic E-state index is 11.8. The molecule has 0 aliphatic carbocycles. The van der Waals surface area contributed by atoms with Crippen LogP contribution >= 0.6 is 23.1 Å². The van der Waals surface area contributed by atoms with Crippen molar-refractivity contribution in [1.29, 1.82) is 0 Å². The molecule has 0 aliphatic rings. The number of fused-ring (bicyclic) bond motifs is 1. The smallest absolute Gasteiger partial charge is 0.316 e. The minimum absolute atomic E-state index is 0.107. The van der Waals surface area contributed by atoms with Crippen molar-refractivity contribution in [3.05, 3.63) is 48.5 Å². The van der Waals surface area contributed by atoms with Gasteiger partial charge in [-0.1, -0.05) is 23.9 Å². The molecule has 6 nitrogen and oxygen atoms in total. The first-order valence-electron chi connectivity index (χ1n) is 7.72. The van der Waals surface area contributed by atoms with Crippen LogP contribution in [0, 0.1) is 0 Å². The lowest BCUT2D eigenvalue weighted by atomic mass is 10.3. The molecule has 0 radical (unpaired) electrons. The number of thioether (sulfide) groups is 1. The normalized spacial score (nSPS) is 10.5. The van der Waals surface area contributed by atoms with Gasteiger partial charge in [0.05, 0.1) is 23.1 Å². The zero-order valence-corrected chi connectivity index (χ0v) is 15.6. The summed E-state index contributed by atoms with van der Waals surface area (Å²) in [6.07, 6.45) is 0. The number of benzene rings is 2. The SMILES string of the molecule is COc1ccc(NC(=O)COC(=O)CSc2nc3ccccc3s2)cc1. The van der Waals surface area contributed by atoms with Crippen LogP contribution in [0.15, 0.2) is 52.9 Å². The molecule has 3 rings (SSSR count). The van der Waals surface area contributed by atoms with E-state index in [-0.39, 0.29) is 12.4 Å². The largest absolute Gasteiger partial charge is 0.497 e. The van der Waals surface area contributed by atoms with Crippen molar-refractivity contribution in [3.8, 4) is 5.75 Å². The molecule has 3 aromatic rings. The van der Waals surface area contributed by atoms with E-state index in [1.165, 1.54) is 23.1 Å². The molecule has 1 N–H and O–H groups in total. The Morgan fingerprint density at radius 1 is 1.15 bits per heavy atom. The van der Waals surface area contributed by atoms with E-state index in [2.05, 4.69) is 10.3 Å². The number of carbonyl (C=O) groups is 2. The van der Waals surface area contributed by atoms with Crippen LogP contribution in [0.2, 0.25) is 0 Å².